The smallest absolute Gasteiger partial charge is 0.141 e. The molecule has 1 atom stereocenters. The molecule has 0 aliphatic carbocycles. The van der Waals surface area contributed by atoms with E-state index in [0.717, 1.165) is 63.2 Å². The molecule has 1 aliphatic rings. The lowest BCUT2D eigenvalue weighted by Gasteiger charge is -2.32. The van der Waals surface area contributed by atoms with Gasteiger partial charge < -0.3 is 18.9 Å². The molecule has 1 aliphatic heterocycles. The topological polar surface area (TPSA) is 104 Å². The van der Waals surface area contributed by atoms with Crippen LogP contribution in [0.15, 0.2) is 35.1 Å². The molecule has 0 spiro atoms. The highest BCUT2D eigenvalue weighted by Crippen LogP contribution is 2.43. The Labute approximate surface area is 225 Å². The quantitative estimate of drug-likeness (QED) is 0.318. The summed E-state index contributed by atoms with van der Waals surface area (Å²) in [4.78, 5) is 9.75. The molecule has 6 heterocycles. The van der Waals surface area contributed by atoms with E-state index in [2.05, 4.69) is 15.8 Å². The van der Waals surface area contributed by atoms with Crippen LogP contribution in [-0.2, 0) is 17.4 Å². The second-order valence-electron chi connectivity index (χ2n) is 10.7. The van der Waals surface area contributed by atoms with Gasteiger partial charge in [-0.1, -0.05) is 16.8 Å². The van der Waals surface area contributed by atoms with Gasteiger partial charge in [0.1, 0.15) is 28.1 Å². The van der Waals surface area contributed by atoms with Crippen molar-refractivity contribution in [2.24, 2.45) is 13.0 Å². The van der Waals surface area contributed by atoms with Crippen LogP contribution in [-0.4, -0.2) is 47.8 Å². The van der Waals surface area contributed by atoms with Crippen LogP contribution in [0, 0.1) is 19.8 Å². The number of nitrogens with zero attached hydrogens (tertiary/aromatic N) is 6. The van der Waals surface area contributed by atoms with Gasteiger partial charge in [0.2, 0.25) is 0 Å². The Morgan fingerprint density at radius 2 is 1.87 bits per heavy atom. The molecule has 0 bridgehead atoms. The summed E-state index contributed by atoms with van der Waals surface area (Å²) in [6, 6.07) is 5.87. The molecule has 1 fully saturated rings. The highest BCUT2D eigenvalue weighted by Gasteiger charge is 2.36. The molecule has 0 amide bonds. The number of ether oxygens (including phenoxy) is 1. The zero-order valence-corrected chi connectivity index (χ0v) is 23.0. The van der Waals surface area contributed by atoms with Crippen molar-refractivity contribution in [3.8, 4) is 11.1 Å². The lowest BCUT2D eigenvalue weighted by molar-refractivity contribution is 0.0542. The van der Waals surface area contributed by atoms with Crippen LogP contribution in [0.1, 0.15) is 55.6 Å². The minimum absolute atomic E-state index is 0.150. The van der Waals surface area contributed by atoms with Gasteiger partial charge >= 0.3 is 0 Å². The van der Waals surface area contributed by atoms with E-state index in [1.807, 2.05) is 43.9 Å². The minimum Gasteiger partial charge on any atom is -0.384 e. The van der Waals surface area contributed by atoms with E-state index in [9.17, 15) is 5.11 Å². The Hall–Kier alpha value is -3.27. The summed E-state index contributed by atoms with van der Waals surface area (Å²) in [5.74, 6) is 0.985. The van der Waals surface area contributed by atoms with Gasteiger partial charge in [-0.3, -0.25) is 14.6 Å². The Morgan fingerprint density at radius 3 is 2.50 bits per heavy atom. The third kappa shape index (κ3) is 4.00. The molecule has 0 radical (unpaired) electrons. The normalized spacial score (nSPS) is 16.1. The number of hydrogen-bond donors (Lipinski definition) is 1. The van der Waals surface area contributed by atoms with E-state index in [1.165, 1.54) is 0 Å². The Balaban J connectivity index is 1.73. The van der Waals surface area contributed by atoms with Crippen LogP contribution in [0.25, 0.3) is 33.2 Å². The molecular formula is C28H31ClN6O3. The molecule has 38 heavy (non-hydrogen) atoms. The number of rotatable bonds is 5. The zero-order chi connectivity index (χ0) is 26.8. The number of aryl methyl sites for hydroxylation is 3. The van der Waals surface area contributed by atoms with Crippen LogP contribution in [0.3, 0.4) is 0 Å². The van der Waals surface area contributed by atoms with Crippen LogP contribution in [0.2, 0.25) is 5.02 Å². The van der Waals surface area contributed by atoms with Gasteiger partial charge in [0, 0.05) is 43.8 Å². The first-order chi connectivity index (χ1) is 18.1. The average molecular weight is 535 g/mol. The molecule has 6 rings (SSSR count). The molecular weight excluding hydrogens is 504 g/mol. The fraction of sp³-hybridized carbons (Fsp3) is 0.429. The number of aromatic nitrogens is 6. The first-order valence-electron chi connectivity index (χ1n) is 12.9. The summed E-state index contributed by atoms with van der Waals surface area (Å²) in [5, 5.41) is 20.8. The Kier molecular flexibility index (Phi) is 6.05. The number of hydrogen-bond acceptors (Lipinski definition) is 7. The van der Waals surface area contributed by atoms with Crippen LogP contribution < -0.4 is 0 Å². The monoisotopic (exact) mass is 534 g/mol. The van der Waals surface area contributed by atoms with Crippen LogP contribution >= 0.6 is 11.6 Å². The van der Waals surface area contributed by atoms with Gasteiger partial charge in [-0.25, -0.2) is 0 Å². The van der Waals surface area contributed by atoms with Crippen molar-refractivity contribution in [2.75, 3.05) is 13.2 Å². The molecule has 1 saturated heterocycles. The first kappa shape index (κ1) is 25.0. The highest BCUT2D eigenvalue weighted by molar-refractivity contribution is 6.30. The van der Waals surface area contributed by atoms with Crippen molar-refractivity contribution >= 4 is 33.7 Å². The molecule has 9 nitrogen and oxygen atoms in total. The summed E-state index contributed by atoms with van der Waals surface area (Å²) in [5.41, 5.74) is 6.45. The second kappa shape index (κ2) is 9.18. The van der Waals surface area contributed by atoms with Crippen LogP contribution in [0.5, 0.6) is 0 Å². The summed E-state index contributed by atoms with van der Waals surface area (Å²) < 4.78 is 15.3. The summed E-state index contributed by atoms with van der Waals surface area (Å²) in [6.45, 7) is 8.75. The van der Waals surface area contributed by atoms with E-state index >= 15 is 0 Å². The fourth-order valence-corrected chi connectivity index (χ4v) is 5.97. The maximum absolute atomic E-state index is 11.2. The molecule has 1 unspecified atom stereocenters. The number of fused-ring (bicyclic) bond motifs is 3. The summed E-state index contributed by atoms with van der Waals surface area (Å²) in [6.07, 6.45) is 5.32. The lowest BCUT2D eigenvalue weighted by atomic mass is 9.88. The Bertz CT molecular complexity index is 1620. The van der Waals surface area contributed by atoms with E-state index in [0.29, 0.717) is 23.9 Å². The molecule has 198 valence electrons. The Morgan fingerprint density at radius 1 is 1.11 bits per heavy atom. The average Bonchev–Trinajstić information content (AvgIpc) is 3.52. The van der Waals surface area contributed by atoms with Crippen molar-refractivity contribution in [3.05, 3.63) is 58.5 Å². The first-order valence-corrected chi connectivity index (χ1v) is 13.2. The molecule has 0 aromatic carbocycles. The van der Waals surface area contributed by atoms with E-state index in [1.54, 1.807) is 20.0 Å². The third-order valence-corrected chi connectivity index (χ3v) is 7.78. The van der Waals surface area contributed by atoms with E-state index < -0.39 is 5.60 Å². The zero-order valence-electron chi connectivity index (χ0n) is 22.2. The maximum atomic E-state index is 11.2. The van der Waals surface area contributed by atoms with Crippen molar-refractivity contribution in [3.63, 3.8) is 0 Å². The van der Waals surface area contributed by atoms with Crippen molar-refractivity contribution in [2.45, 2.75) is 52.2 Å². The van der Waals surface area contributed by atoms with Gasteiger partial charge in [0.05, 0.1) is 33.5 Å². The largest absolute Gasteiger partial charge is 0.384 e. The molecule has 5 aromatic heterocycles. The van der Waals surface area contributed by atoms with Gasteiger partial charge in [-0.05, 0) is 64.7 Å². The standard InChI is InChI=1S/C28H31ClN6O3/c1-15-22(16(2)38-33-15)18-12-21-23(31-13-18)25-26(27(28(3,4)36)32-34(25)5)35(21)24(17-8-10-37-11-9-17)20-7-6-19(29)14-30-20/h6-7,12-14,17,24,36H,8-11H2,1-5H3. The van der Waals surface area contributed by atoms with Gasteiger partial charge in [-0.2, -0.15) is 5.10 Å². The minimum atomic E-state index is -1.18. The number of aliphatic hydroxyl groups is 1. The highest BCUT2D eigenvalue weighted by atomic mass is 35.5. The molecule has 10 heteroatoms. The molecule has 0 saturated carbocycles. The predicted molar refractivity (Wildman–Crippen MR) is 145 cm³/mol. The van der Waals surface area contributed by atoms with Gasteiger partial charge in [0.15, 0.2) is 0 Å². The fourth-order valence-electron chi connectivity index (χ4n) is 5.86. The molecule has 5 aromatic rings. The number of halogens is 1. The SMILES string of the molecule is Cc1noc(C)c1-c1cnc2c3c(c(C(C)(C)O)nn3C)n(C(c3ccc(Cl)cn3)C3CCOCC3)c2c1. The van der Waals surface area contributed by atoms with Crippen molar-refractivity contribution in [1.82, 2.24) is 29.5 Å². The van der Waals surface area contributed by atoms with E-state index in [-0.39, 0.29) is 12.0 Å². The predicted octanol–water partition coefficient (Wildman–Crippen LogP) is 5.49. The number of pyridine rings is 2. The van der Waals surface area contributed by atoms with Crippen molar-refractivity contribution < 1.29 is 14.4 Å². The second-order valence-corrected chi connectivity index (χ2v) is 11.1. The summed E-state index contributed by atoms with van der Waals surface area (Å²) >= 11 is 6.25. The third-order valence-electron chi connectivity index (χ3n) is 7.56. The van der Waals surface area contributed by atoms with E-state index in [4.69, 9.17) is 35.9 Å². The summed E-state index contributed by atoms with van der Waals surface area (Å²) in [7, 11) is 1.90. The molecule has 1 N–H and O–H groups in total. The van der Waals surface area contributed by atoms with Crippen molar-refractivity contribution in [1.29, 1.82) is 0 Å². The maximum Gasteiger partial charge on any atom is 0.141 e. The van der Waals surface area contributed by atoms with Gasteiger partial charge in [-0.15, -0.1) is 0 Å². The lowest BCUT2D eigenvalue weighted by Crippen LogP contribution is -2.28. The van der Waals surface area contributed by atoms with Gasteiger partial charge in [0.25, 0.3) is 0 Å². The van der Waals surface area contributed by atoms with Crippen LogP contribution in [0.4, 0.5) is 0 Å².